The number of ether oxygens (including phenoxy) is 1. The molecular formula is C12H22NO4+. The topological polar surface area (TPSA) is 80.7 Å². The fourth-order valence-corrected chi connectivity index (χ4v) is 1.97. The van der Waals surface area contributed by atoms with Gasteiger partial charge in [-0.05, 0) is 25.7 Å². The lowest BCUT2D eigenvalue weighted by Gasteiger charge is -2.18. The molecule has 0 aromatic carbocycles. The molecule has 1 fully saturated rings. The quantitative estimate of drug-likeness (QED) is 0.497. The van der Waals surface area contributed by atoms with Crippen LogP contribution in [0.2, 0.25) is 0 Å². The zero-order valence-corrected chi connectivity index (χ0v) is 10.7. The minimum atomic E-state index is -1.00. The van der Waals surface area contributed by atoms with Crippen LogP contribution in [0.15, 0.2) is 0 Å². The standard InChI is InChI=1S/C12H21NO4/c1-12(2,3)9(10(14)15)13-11(16)17-8-6-4-5-7-8/h8-9H,4-7H2,1-3H3,(H,13,16)(H,14,15)/p+1/t9-/m1/s1. The molecule has 17 heavy (non-hydrogen) atoms. The highest BCUT2D eigenvalue weighted by Gasteiger charge is 2.37. The molecule has 0 aliphatic heterocycles. The lowest BCUT2D eigenvalue weighted by atomic mass is 9.87. The van der Waals surface area contributed by atoms with Crippen molar-refractivity contribution in [2.24, 2.45) is 5.41 Å². The van der Waals surface area contributed by atoms with Crippen molar-refractivity contribution in [2.45, 2.75) is 58.6 Å². The molecule has 1 rings (SSSR count). The van der Waals surface area contributed by atoms with E-state index in [1.165, 1.54) is 0 Å². The molecule has 0 heterocycles. The average Bonchev–Trinajstić information content (AvgIpc) is 2.64. The van der Waals surface area contributed by atoms with Crippen LogP contribution in [0, 0.1) is 5.41 Å². The van der Waals surface area contributed by atoms with Gasteiger partial charge in [-0.1, -0.05) is 20.8 Å². The zero-order valence-electron chi connectivity index (χ0n) is 10.7. The van der Waals surface area contributed by atoms with Crippen molar-refractivity contribution < 1.29 is 24.7 Å². The number of aliphatic hydroxyl groups is 1. The van der Waals surface area contributed by atoms with E-state index >= 15 is 0 Å². The van der Waals surface area contributed by atoms with Gasteiger partial charge in [-0.2, -0.15) is 4.99 Å². The van der Waals surface area contributed by atoms with Gasteiger partial charge in [0.2, 0.25) is 0 Å². The monoisotopic (exact) mass is 244 g/mol. The molecule has 5 nitrogen and oxygen atoms in total. The maximum atomic E-state index is 11.1. The molecule has 0 radical (unpaired) electrons. The third kappa shape index (κ3) is 4.24. The smallest absolute Gasteiger partial charge is 0.476 e. The highest BCUT2D eigenvalue weighted by molar-refractivity contribution is 5.73. The summed E-state index contributed by atoms with van der Waals surface area (Å²) in [6.45, 7) is 5.38. The second-order valence-corrected chi connectivity index (χ2v) is 5.61. The first kappa shape index (κ1) is 13.8. The van der Waals surface area contributed by atoms with Crippen molar-refractivity contribution in [1.29, 1.82) is 0 Å². The molecule has 1 atom stereocenters. The molecule has 0 saturated heterocycles. The number of carboxylic acids is 1. The van der Waals surface area contributed by atoms with Crippen LogP contribution in [0.1, 0.15) is 46.5 Å². The Labute approximate surface area is 102 Å². The Bertz CT molecular complexity index is 300. The van der Waals surface area contributed by atoms with Crippen molar-refractivity contribution in [2.75, 3.05) is 0 Å². The number of carboxylic acid groups (broad SMARTS) is 1. The van der Waals surface area contributed by atoms with Gasteiger partial charge in [0.15, 0.2) is 0 Å². The van der Waals surface area contributed by atoms with Crippen molar-refractivity contribution in [3.05, 3.63) is 0 Å². The number of aliphatic hydroxyl groups excluding tert-OH is 1. The van der Waals surface area contributed by atoms with Crippen LogP contribution in [-0.2, 0) is 9.53 Å². The van der Waals surface area contributed by atoms with E-state index in [1.54, 1.807) is 20.8 Å². The van der Waals surface area contributed by atoms with Crippen molar-refractivity contribution in [3.8, 4) is 0 Å². The molecule has 0 unspecified atom stereocenters. The summed E-state index contributed by atoms with van der Waals surface area (Å²) in [7, 11) is 0. The SMILES string of the molecule is CC(C)(C)[C@H]([NH+]=C(O)OC1CCCC1)C(=O)O. The Morgan fingerprint density at radius 3 is 2.24 bits per heavy atom. The van der Waals surface area contributed by atoms with E-state index in [2.05, 4.69) is 4.99 Å². The number of carbonyl (C=O) groups is 1. The third-order valence-electron chi connectivity index (χ3n) is 2.96. The fraction of sp³-hybridized carbons (Fsp3) is 0.833. The van der Waals surface area contributed by atoms with Crippen LogP contribution in [0.5, 0.6) is 0 Å². The predicted molar refractivity (Wildman–Crippen MR) is 62.8 cm³/mol. The van der Waals surface area contributed by atoms with Crippen LogP contribution in [0.3, 0.4) is 0 Å². The van der Waals surface area contributed by atoms with E-state index in [-0.39, 0.29) is 12.2 Å². The molecule has 5 heteroatoms. The Morgan fingerprint density at radius 1 is 1.29 bits per heavy atom. The van der Waals surface area contributed by atoms with Crippen LogP contribution in [0.4, 0.5) is 0 Å². The molecule has 3 N–H and O–H groups in total. The van der Waals surface area contributed by atoms with Gasteiger partial charge in [0.1, 0.15) is 6.10 Å². The maximum Gasteiger partial charge on any atom is 0.546 e. The van der Waals surface area contributed by atoms with Crippen molar-refractivity contribution in [3.63, 3.8) is 0 Å². The molecular weight excluding hydrogens is 222 g/mol. The van der Waals surface area contributed by atoms with Gasteiger partial charge in [-0.25, -0.2) is 4.79 Å². The minimum absolute atomic E-state index is 0.0110. The van der Waals surface area contributed by atoms with Crippen LogP contribution in [-0.4, -0.2) is 34.4 Å². The van der Waals surface area contributed by atoms with Gasteiger partial charge in [-0.15, -0.1) is 0 Å². The Hall–Kier alpha value is -1.26. The van der Waals surface area contributed by atoms with E-state index in [4.69, 9.17) is 9.84 Å². The molecule has 0 amide bonds. The van der Waals surface area contributed by atoms with Gasteiger partial charge in [-0.3, -0.25) is 0 Å². The molecule has 1 aliphatic carbocycles. The van der Waals surface area contributed by atoms with Gasteiger partial charge in [0, 0.05) is 5.41 Å². The minimum Gasteiger partial charge on any atom is -0.476 e. The molecule has 98 valence electrons. The second kappa shape index (κ2) is 5.38. The molecule has 1 aliphatic rings. The van der Waals surface area contributed by atoms with Crippen molar-refractivity contribution >= 4 is 12.1 Å². The summed E-state index contributed by atoms with van der Waals surface area (Å²) < 4.78 is 5.28. The number of aliphatic carboxylic acids is 1. The van der Waals surface area contributed by atoms with Gasteiger partial charge >= 0.3 is 12.1 Å². The molecule has 0 aromatic rings. The second-order valence-electron chi connectivity index (χ2n) is 5.61. The summed E-state index contributed by atoms with van der Waals surface area (Å²) >= 11 is 0. The van der Waals surface area contributed by atoms with Crippen LogP contribution in [0.25, 0.3) is 0 Å². The normalized spacial score (nSPS) is 20.3. The largest absolute Gasteiger partial charge is 0.546 e. The average molecular weight is 244 g/mol. The summed E-state index contributed by atoms with van der Waals surface area (Å²) in [5.41, 5.74) is -0.501. The van der Waals surface area contributed by atoms with E-state index in [1.807, 2.05) is 0 Å². The van der Waals surface area contributed by atoms with Crippen molar-refractivity contribution in [1.82, 2.24) is 0 Å². The first-order valence-corrected chi connectivity index (χ1v) is 6.02. The predicted octanol–water partition coefficient (Wildman–Crippen LogP) is 0.440. The summed E-state index contributed by atoms with van der Waals surface area (Å²) in [5.74, 6) is -1.00. The van der Waals surface area contributed by atoms with Crippen LogP contribution < -0.4 is 4.99 Å². The van der Waals surface area contributed by atoms with Crippen LogP contribution >= 0.6 is 0 Å². The summed E-state index contributed by atoms with van der Waals surface area (Å²) in [4.78, 5) is 13.6. The number of hydrogen-bond acceptors (Lipinski definition) is 2. The number of hydrogen-bond donors (Lipinski definition) is 3. The zero-order chi connectivity index (χ0) is 13.1. The number of nitrogens with one attached hydrogen (secondary N) is 1. The Kier molecular flexibility index (Phi) is 4.37. The van der Waals surface area contributed by atoms with Gasteiger partial charge < -0.3 is 14.9 Å². The highest BCUT2D eigenvalue weighted by Crippen LogP contribution is 2.20. The van der Waals surface area contributed by atoms with Gasteiger partial charge in [0.25, 0.3) is 6.04 Å². The summed E-state index contributed by atoms with van der Waals surface area (Å²) in [6.07, 6.45) is 3.66. The lowest BCUT2D eigenvalue weighted by molar-refractivity contribution is -0.527. The molecule has 0 aromatic heterocycles. The Morgan fingerprint density at radius 2 is 1.82 bits per heavy atom. The molecule has 0 spiro atoms. The maximum absolute atomic E-state index is 11.1. The first-order chi connectivity index (χ1) is 7.80. The molecule has 1 saturated carbocycles. The summed E-state index contributed by atoms with van der Waals surface area (Å²) in [5, 5.41) is 18.7. The van der Waals surface area contributed by atoms with E-state index in [0.29, 0.717) is 0 Å². The van der Waals surface area contributed by atoms with E-state index < -0.39 is 17.4 Å². The van der Waals surface area contributed by atoms with E-state index in [0.717, 1.165) is 25.7 Å². The number of rotatable bonds is 3. The highest BCUT2D eigenvalue weighted by atomic mass is 16.6. The first-order valence-electron chi connectivity index (χ1n) is 6.02. The lowest BCUT2D eigenvalue weighted by Crippen LogP contribution is -2.86. The van der Waals surface area contributed by atoms with Gasteiger partial charge in [0.05, 0.1) is 0 Å². The summed E-state index contributed by atoms with van der Waals surface area (Å²) in [6, 6.07) is -0.871. The fourth-order valence-electron chi connectivity index (χ4n) is 1.97. The Balaban J connectivity index is 2.66. The third-order valence-corrected chi connectivity index (χ3v) is 2.96. The van der Waals surface area contributed by atoms with E-state index in [9.17, 15) is 9.90 Å². The molecule has 0 bridgehead atoms.